The predicted octanol–water partition coefficient (Wildman–Crippen LogP) is 5.16. The third-order valence-electron chi connectivity index (χ3n) is 3.55. The molecule has 0 radical (unpaired) electrons. The Morgan fingerprint density at radius 1 is 1.25 bits per heavy atom. The van der Waals surface area contributed by atoms with Crippen LogP contribution in [0.15, 0.2) is 35.1 Å². The Hall–Kier alpha value is -1.02. The van der Waals surface area contributed by atoms with Crippen LogP contribution in [0.2, 0.25) is 0 Å². The van der Waals surface area contributed by atoms with Crippen LogP contribution in [-0.4, -0.2) is 10.3 Å². The van der Waals surface area contributed by atoms with Crippen LogP contribution >= 0.6 is 11.6 Å². The van der Waals surface area contributed by atoms with Crippen molar-refractivity contribution in [1.82, 2.24) is 0 Å². The van der Waals surface area contributed by atoms with Gasteiger partial charge in [-0.05, 0) is 52.0 Å². The quantitative estimate of drug-likeness (QED) is 0.564. The highest BCUT2D eigenvalue weighted by Crippen LogP contribution is 2.44. The molecule has 0 amide bonds. The SMILES string of the molecule is CC(C)(C)C1=CC(C=CC(=O)Cl)CC(C(C)(C)C)=C1O. The number of allylic oxidation sites excluding steroid dienone is 5. The number of aliphatic hydroxyl groups is 1. The van der Waals surface area contributed by atoms with Crippen molar-refractivity contribution in [1.29, 1.82) is 0 Å². The van der Waals surface area contributed by atoms with Crippen molar-refractivity contribution in [2.45, 2.75) is 48.0 Å². The predicted molar refractivity (Wildman–Crippen MR) is 84.8 cm³/mol. The molecule has 0 heterocycles. The molecule has 0 saturated carbocycles. The van der Waals surface area contributed by atoms with Crippen molar-refractivity contribution >= 4 is 16.8 Å². The molecule has 112 valence electrons. The normalized spacial score (nSPS) is 21.4. The van der Waals surface area contributed by atoms with Crippen LogP contribution in [0.1, 0.15) is 48.0 Å². The molecule has 0 saturated heterocycles. The molecule has 1 aliphatic carbocycles. The second-order valence-electron chi connectivity index (χ2n) is 7.44. The van der Waals surface area contributed by atoms with Crippen molar-refractivity contribution in [3.05, 3.63) is 35.1 Å². The van der Waals surface area contributed by atoms with Gasteiger partial charge in [0, 0.05) is 0 Å². The minimum atomic E-state index is -0.466. The molecule has 0 aliphatic heterocycles. The standard InChI is InChI=1S/C17H25ClO2/c1-16(2,3)12-9-11(7-8-14(18)19)10-13(15(12)20)17(4,5)6/h7-9,11,20H,10H2,1-6H3. The first-order valence-electron chi connectivity index (χ1n) is 6.96. The van der Waals surface area contributed by atoms with Crippen LogP contribution in [0.4, 0.5) is 0 Å². The Kier molecular flexibility index (Phi) is 4.91. The fourth-order valence-electron chi connectivity index (χ4n) is 2.44. The van der Waals surface area contributed by atoms with Crippen molar-refractivity contribution in [2.24, 2.45) is 16.7 Å². The number of carbonyl (C=O) groups excluding carboxylic acids is 1. The average molecular weight is 297 g/mol. The molecule has 0 aromatic carbocycles. The molecule has 0 aromatic rings. The minimum absolute atomic E-state index is 0.0945. The van der Waals surface area contributed by atoms with E-state index in [1.54, 1.807) is 0 Å². The lowest BCUT2D eigenvalue weighted by Crippen LogP contribution is -2.24. The highest BCUT2D eigenvalue weighted by Gasteiger charge is 2.32. The molecule has 1 N–H and O–H groups in total. The molecular formula is C17H25ClO2. The van der Waals surface area contributed by atoms with Gasteiger partial charge >= 0.3 is 0 Å². The molecule has 0 bridgehead atoms. The van der Waals surface area contributed by atoms with E-state index in [1.807, 2.05) is 12.2 Å². The number of hydrogen-bond donors (Lipinski definition) is 1. The average Bonchev–Trinajstić information content (AvgIpc) is 2.24. The zero-order valence-electron chi connectivity index (χ0n) is 13.2. The fraction of sp³-hybridized carbons (Fsp3) is 0.588. The maximum absolute atomic E-state index is 10.9. The van der Waals surface area contributed by atoms with Crippen molar-refractivity contribution in [2.75, 3.05) is 0 Å². The van der Waals surface area contributed by atoms with Crippen LogP contribution in [0.5, 0.6) is 0 Å². The first-order chi connectivity index (χ1) is 8.93. The Labute approximate surface area is 127 Å². The van der Waals surface area contributed by atoms with Crippen LogP contribution in [-0.2, 0) is 4.79 Å². The Balaban J connectivity index is 3.27. The van der Waals surface area contributed by atoms with Gasteiger partial charge in [0.2, 0.25) is 5.24 Å². The lowest BCUT2D eigenvalue weighted by molar-refractivity contribution is -0.107. The van der Waals surface area contributed by atoms with Gasteiger partial charge in [-0.3, -0.25) is 4.79 Å². The monoisotopic (exact) mass is 296 g/mol. The molecule has 1 aliphatic rings. The maximum atomic E-state index is 10.9. The van der Waals surface area contributed by atoms with E-state index in [9.17, 15) is 9.90 Å². The number of hydrogen-bond acceptors (Lipinski definition) is 2. The molecule has 0 spiro atoms. The molecular weight excluding hydrogens is 272 g/mol. The van der Waals surface area contributed by atoms with Crippen LogP contribution < -0.4 is 0 Å². The van der Waals surface area contributed by atoms with Gasteiger partial charge in [-0.25, -0.2) is 0 Å². The summed E-state index contributed by atoms with van der Waals surface area (Å²) in [5.74, 6) is 0.504. The molecule has 1 unspecified atom stereocenters. The van der Waals surface area contributed by atoms with Crippen LogP contribution in [0, 0.1) is 16.7 Å². The first kappa shape index (κ1) is 17.0. The molecule has 20 heavy (non-hydrogen) atoms. The lowest BCUT2D eigenvalue weighted by Gasteiger charge is -2.35. The summed E-state index contributed by atoms with van der Waals surface area (Å²) >= 11 is 5.37. The zero-order chi connectivity index (χ0) is 15.7. The Bertz CT molecular complexity index is 482. The largest absolute Gasteiger partial charge is 0.508 e. The van der Waals surface area contributed by atoms with Gasteiger partial charge in [-0.15, -0.1) is 0 Å². The second-order valence-corrected chi connectivity index (χ2v) is 7.81. The zero-order valence-corrected chi connectivity index (χ0v) is 14.0. The van der Waals surface area contributed by atoms with E-state index in [-0.39, 0.29) is 16.7 Å². The second kappa shape index (κ2) is 5.77. The van der Waals surface area contributed by atoms with Gasteiger partial charge in [0.15, 0.2) is 0 Å². The minimum Gasteiger partial charge on any atom is -0.508 e. The molecule has 1 atom stereocenters. The van der Waals surface area contributed by atoms with E-state index >= 15 is 0 Å². The van der Waals surface area contributed by atoms with E-state index in [2.05, 4.69) is 41.5 Å². The summed E-state index contributed by atoms with van der Waals surface area (Å²) in [5, 5.41) is 10.1. The number of rotatable bonds is 2. The third kappa shape index (κ3) is 4.24. The Morgan fingerprint density at radius 3 is 2.20 bits per heavy atom. The summed E-state index contributed by atoms with van der Waals surface area (Å²) in [5.41, 5.74) is 1.72. The van der Waals surface area contributed by atoms with Crippen molar-refractivity contribution in [3.8, 4) is 0 Å². The van der Waals surface area contributed by atoms with E-state index < -0.39 is 5.24 Å². The van der Waals surface area contributed by atoms with E-state index in [4.69, 9.17) is 11.6 Å². The van der Waals surface area contributed by atoms with Crippen molar-refractivity contribution in [3.63, 3.8) is 0 Å². The summed E-state index contributed by atoms with van der Waals surface area (Å²) in [6.45, 7) is 12.5. The smallest absolute Gasteiger partial charge is 0.244 e. The van der Waals surface area contributed by atoms with E-state index in [0.29, 0.717) is 5.76 Å². The molecule has 0 aromatic heterocycles. The van der Waals surface area contributed by atoms with Gasteiger partial charge in [-0.1, -0.05) is 53.7 Å². The Morgan fingerprint density at radius 2 is 1.80 bits per heavy atom. The molecule has 2 nitrogen and oxygen atoms in total. The number of halogens is 1. The molecule has 1 rings (SSSR count). The summed E-state index contributed by atoms with van der Waals surface area (Å²) in [7, 11) is 0. The number of carbonyl (C=O) groups is 1. The van der Waals surface area contributed by atoms with Crippen molar-refractivity contribution < 1.29 is 9.90 Å². The highest BCUT2D eigenvalue weighted by molar-refractivity contribution is 6.66. The van der Waals surface area contributed by atoms with Gasteiger partial charge in [-0.2, -0.15) is 0 Å². The third-order valence-corrected chi connectivity index (χ3v) is 3.68. The summed E-state index contributed by atoms with van der Waals surface area (Å²) < 4.78 is 0. The van der Waals surface area contributed by atoms with Crippen LogP contribution in [0.25, 0.3) is 0 Å². The fourth-order valence-corrected chi connectivity index (χ4v) is 2.51. The first-order valence-corrected chi connectivity index (χ1v) is 7.33. The van der Waals surface area contributed by atoms with Gasteiger partial charge in [0.1, 0.15) is 5.76 Å². The lowest BCUT2D eigenvalue weighted by atomic mass is 9.71. The summed E-state index contributed by atoms with van der Waals surface area (Å²) in [6.07, 6.45) is 5.97. The summed E-state index contributed by atoms with van der Waals surface area (Å²) in [6, 6.07) is 0. The van der Waals surface area contributed by atoms with Gasteiger partial charge in [0.05, 0.1) is 0 Å². The van der Waals surface area contributed by atoms with Gasteiger partial charge in [0.25, 0.3) is 0 Å². The highest BCUT2D eigenvalue weighted by atomic mass is 35.5. The van der Waals surface area contributed by atoms with Crippen LogP contribution in [0.3, 0.4) is 0 Å². The topological polar surface area (TPSA) is 37.3 Å². The maximum Gasteiger partial charge on any atom is 0.244 e. The van der Waals surface area contributed by atoms with Gasteiger partial charge < -0.3 is 5.11 Å². The molecule has 0 fully saturated rings. The van der Waals surface area contributed by atoms with E-state index in [1.165, 1.54) is 6.08 Å². The number of aliphatic hydroxyl groups excluding tert-OH is 1. The molecule has 3 heteroatoms. The van der Waals surface area contributed by atoms with E-state index in [0.717, 1.165) is 17.6 Å². The summed E-state index contributed by atoms with van der Waals surface area (Å²) in [4.78, 5) is 10.9.